The summed E-state index contributed by atoms with van der Waals surface area (Å²) in [5.74, 6) is 0.0447. The second kappa shape index (κ2) is 6.58. The maximum Gasteiger partial charge on any atom is 0.241 e. The zero-order chi connectivity index (χ0) is 15.6. The highest BCUT2D eigenvalue weighted by molar-refractivity contribution is 5.95. The van der Waals surface area contributed by atoms with E-state index < -0.39 is 0 Å². The van der Waals surface area contributed by atoms with Gasteiger partial charge in [0.05, 0.1) is 18.2 Å². The van der Waals surface area contributed by atoms with Gasteiger partial charge >= 0.3 is 0 Å². The van der Waals surface area contributed by atoms with Crippen LogP contribution >= 0.6 is 0 Å². The Labute approximate surface area is 127 Å². The quantitative estimate of drug-likeness (QED) is 0.930. The van der Waals surface area contributed by atoms with Crippen LogP contribution in [-0.4, -0.2) is 42.1 Å². The van der Waals surface area contributed by atoms with Gasteiger partial charge in [-0.2, -0.15) is 0 Å². The summed E-state index contributed by atoms with van der Waals surface area (Å²) in [7, 11) is 0. The SMILES string of the molecule is Cc1ccc(NC(=O)[C@@H](C)N2C[C@@H](C)O[C@H](C)C2)c(C)c1. The van der Waals surface area contributed by atoms with E-state index in [0.717, 1.165) is 24.3 Å². The highest BCUT2D eigenvalue weighted by atomic mass is 16.5. The summed E-state index contributed by atoms with van der Waals surface area (Å²) in [4.78, 5) is 14.7. The second-order valence-electron chi connectivity index (χ2n) is 6.19. The van der Waals surface area contributed by atoms with Crippen molar-refractivity contribution >= 4 is 11.6 Å². The molecule has 0 radical (unpaired) electrons. The molecule has 4 heteroatoms. The number of amides is 1. The fourth-order valence-corrected chi connectivity index (χ4v) is 2.89. The van der Waals surface area contributed by atoms with E-state index in [4.69, 9.17) is 4.74 Å². The number of carbonyl (C=O) groups excluding carboxylic acids is 1. The second-order valence-corrected chi connectivity index (χ2v) is 6.19. The van der Waals surface area contributed by atoms with Gasteiger partial charge in [0.15, 0.2) is 0 Å². The number of rotatable bonds is 3. The lowest BCUT2D eigenvalue weighted by Crippen LogP contribution is -2.52. The van der Waals surface area contributed by atoms with E-state index in [0.29, 0.717) is 0 Å². The van der Waals surface area contributed by atoms with Crippen LogP contribution in [0.4, 0.5) is 5.69 Å². The van der Waals surface area contributed by atoms with Crippen molar-refractivity contribution in [1.29, 1.82) is 0 Å². The van der Waals surface area contributed by atoms with Crippen molar-refractivity contribution in [3.05, 3.63) is 29.3 Å². The Hall–Kier alpha value is -1.39. The van der Waals surface area contributed by atoms with Gasteiger partial charge in [-0.15, -0.1) is 0 Å². The Balaban J connectivity index is 2.02. The molecule has 0 bridgehead atoms. The molecule has 3 atom stereocenters. The Kier molecular flexibility index (Phi) is 5.01. The van der Waals surface area contributed by atoms with Crippen LogP contribution in [0.5, 0.6) is 0 Å². The maximum atomic E-state index is 12.5. The molecule has 1 aliphatic rings. The van der Waals surface area contributed by atoms with E-state index in [1.807, 2.05) is 26.0 Å². The molecule has 116 valence electrons. The fourth-order valence-electron chi connectivity index (χ4n) is 2.89. The van der Waals surface area contributed by atoms with Crippen LogP contribution in [0.25, 0.3) is 0 Å². The minimum Gasteiger partial charge on any atom is -0.373 e. The highest BCUT2D eigenvalue weighted by Crippen LogP contribution is 2.18. The number of anilines is 1. The lowest BCUT2D eigenvalue weighted by molar-refractivity contribution is -0.126. The number of carbonyl (C=O) groups is 1. The molecule has 1 aliphatic heterocycles. The number of aryl methyl sites for hydroxylation is 2. The first-order chi connectivity index (χ1) is 9.86. The molecule has 1 saturated heterocycles. The molecule has 21 heavy (non-hydrogen) atoms. The van der Waals surface area contributed by atoms with Crippen molar-refractivity contribution in [2.75, 3.05) is 18.4 Å². The summed E-state index contributed by atoms with van der Waals surface area (Å²) in [5, 5.41) is 3.04. The summed E-state index contributed by atoms with van der Waals surface area (Å²) >= 11 is 0. The van der Waals surface area contributed by atoms with Crippen LogP contribution in [0.1, 0.15) is 31.9 Å². The molecule has 2 rings (SSSR count). The van der Waals surface area contributed by atoms with E-state index in [1.165, 1.54) is 5.56 Å². The lowest BCUT2D eigenvalue weighted by Gasteiger charge is -2.38. The number of benzene rings is 1. The molecule has 0 saturated carbocycles. The average molecular weight is 290 g/mol. The van der Waals surface area contributed by atoms with Crippen LogP contribution in [0.2, 0.25) is 0 Å². The molecule has 4 nitrogen and oxygen atoms in total. The molecular formula is C17H26N2O2. The minimum absolute atomic E-state index is 0.0447. The van der Waals surface area contributed by atoms with Crippen molar-refractivity contribution < 1.29 is 9.53 Å². The molecule has 1 fully saturated rings. The Morgan fingerprint density at radius 1 is 1.29 bits per heavy atom. The van der Waals surface area contributed by atoms with Crippen molar-refractivity contribution in [2.45, 2.75) is 52.9 Å². The van der Waals surface area contributed by atoms with Gasteiger partial charge in [0.2, 0.25) is 5.91 Å². The van der Waals surface area contributed by atoms with Crippen molar-refractivity contribution in [3.63, 3.8) is 0 Å². The van der Waals surface area contributed by atoms with Gasteiger partial charge in [0.25, 0.3) is 0 Å². The van der Waals surface area contributed by atoms with E-state index in [-0.39, 0.29) is 24.2 Å². The van der Waals surface area contributed by atoms with Crippen LogP contribution < -0.4 is 5.32 Å². The largest absolute Gasteiger partial charge is 0.373 e. The number of hydrogen-bond acceptors (Lipinski definition) is 3. The Morgan fingerprint density at radius 2 is 1.90 bits per heavy atom. The molecule has 0 unspecified atom stereocenters. The van der Waals surface area contributed by atoms with Gasteiger partial charge < -0.3 is 10.1 Å². The number of hydrogen-bond donors (Lipinski definition) is 1. The van der Waals surface area contributed by atoms with Gasteiger partial charge in [-0.05, 0) is 46.2 Å². The normalized spacial score (nSPS) is 24.6. The van der Waals surface area contributed by atoms with Gasteiger partial charge in [0.1, 0.15) is 0 Å². The number of nitrogens with one attached hydrogen (secondary N) is 1. The molecule has 1 heterocycles. The summed E-state index contributed by atoms with van der Waals surface area (Å²) in [6, 6.07) is 5.92. The number of nitrogens with zero attached hydrogens (tertiary/aromatic N) is 1. The average Bonchev–Trinajstić information content (AvgIpc) is 2.40. The first kappa shape index (κ1) is 16.0. The smallest absolute Gasteiger partial charge is 0.241 e. The molecule has 0 spiro atoms. The molecule has 1 amide bonds. The maximum absolute atomic E-state index is 12.5. The first-order valence-electron chi connectivity index (χ1n) is 7.64. The van der Waals surface area contributed by atoms with E-state index in [1.54, 1.807) is 0 Å². The summed E-state index contributed by atoms with van der Waals surface area (Å²) in [6.45, 7) is 11.7. The topological polar surface area (TPSA) is 41.6 Å². The van der Waals surface area contributed by atoms with Crippen LogP contribution in [0.3, 0.4) is 0 Å². The van der Waals surface area contributed by atoms with Gasteiger partial charge in [0, 0.05) is 18.8 Å². The Bertz CT molecular complexity index is 506. The summed E-state index contributed by atoms with van der Waals surface area (Å²) < 4.78 is 5.72. The van der Waals surface area contributed by atoms with Crippen molar-refractivity contribution in [2.24, 2.45) is 0 Å². The molecule has 0 aromatic heterocycles. The zero-order valence-corrected chi connectivity index (χ0v) is 13.6. The fraction of sp³-hybridized carbons (Fsp3) is 0.588. The summed E-state index contributed by atoms with van der Waals surface area (Å²) in [5.41, 5.74) is 3.19. The van der Waals surface area contributed by atoms with E-state index in [9.17, 15) is 4.79 Å². The predicted octanol–water partition coefficient (Wildman–Crippen LogP) is 2.74. The van der Waals surface area contributed by atoms with Gasteiger partial charge in [-0.1, -0.05) is 17.7 Å². The first-order valence-corrected chi connectivity index (χ1v) is 7.64. The van der Waals surface area contributed by atoms with Crippen LogP contribution in [-0.2, 0) is 9.53 Å². The minimum atomic E-state index is -0.153. The lowest BCUT2D eigenvalue weighted by atomic mass is 10.1. The molecule has 1 N–H and O–H groups in total. The number of ether oxygens (including phenoxy) is 1. The molecule has 1 aromatic carbocycles. The van der Waals surface area contributed by atoms with E-state index in [2.05, 4.69) is 37.1 Å². The third-order valence-corrected chi connectivity index (χ3v) is 4.01. The summed E-state index contributed by atoms with van der Waals surface area (Å²) in [6.07, 6.45) is 0.343. The molecule has 0 aliphatic carbocycles. The highest BCUT2D eigenvalue weighted by Gasteiger charge is 2.29. The monoisotopic (exact) mass is 290 g/mol. The van der Waals surface area contributed by atoms with E-state index >= 15 is 0 Å². The van der Waals surface area contributed by atoms with Crippen molar-refractivity contribution in [3.8, 4) is 0 Å². The Morgan fingerprint density at radius 3 is 2.48 bits per heavy atom. The van der Waals surface area contributed by atoms with Gasteiger partial charge in [-0.3, -0.25) is 9.69 Å². The zero-order valence-electron chi connectivity index (χ0n) is 13.6. The molecule has 1 aromatic rings. The van der Waals surface area contributed by atoms with Crippen molar-refractivity contribution in [1.82, 2.24) is 4.90 Å². The van der Waals surface area contributed by atoms with Crippen LogP contribution in [0, 0.1) is 13.8 Å². The number of morpholine rings is 1. The molecular weight excluding hydrogens is 264 g/mol. The third-order valence-electron chi connectivity index (χ3n) is 4.01. The standard InChI is InChI=1S/C17H26N2O2/c1-11-6-7-16(12(2)8-11)18-17(20)15(5)19-9-13(3)21-14(4)10-19/h6-8,13-15H,9-10H2,1-5H3,(H,18,20)/t13-,14-,15-/m1/s1. The predicted molar refractivity (Wildman–Crippen MR) is 85.6 cm³/mol. The van der Waals surface area contributed by atoms with Gasteiger partial charge in [-0.25, -0.2) is 0 Å². The van der Waals surface area contributed by atoms with Crippen LogP contribution in [0.15, 0.2) is 18.2 Å². The third kappa shape index (κ3) is 4.05.